The zero-order valence-electron chi connectivity index (χ0n) is 12.9. The number of aryl methyl sites for hydroxylation is 1. The van der Waals surface area contributed by atoms with Gasteiger partial charge < -0.3 is 4.57 Å². The van der Waals surface area contributed by atoms with Crippen LogP contribution in [0.2, 0.25) is 0 Å². The van der Waals surface area contributed by atoms with E-state index in [9.17, 15) is 0 Å². The first-order valence-corrected chi connectivity index (χ1v) is 8.16. The molecule has 23 heavy (non-hydrogen) atoms. The van der Waals surface area contributed by atoms with Crippen molar-refractivity contribution < 1.29 is 0 Å². The van der Waals surface area contributed by atoms with Gasteiger partial charge in [0, 0.05) is 34.6 Å². The van der Waals surface area contributed by atoms with Gasteiger partial charge in [-0.1, -0.05) is 60.7 Å². The van der Waals surface area contributed by atoms with Gasteiger partial charge >= 0.3 is 0 Å². The van der Waals surface area contributed by atoms with Crippen LogP contribution in [0.1, 0.15) is 11.1 Å². The fourth-order valence-corrected chi connectivity index (χ4v) is 4.30. The topological polar surface area (TPSA) is 4.93 Å². The van der Waals surface area contributed by atoms with Crippen molar-refractivity contribution in [1.29, 1.82) is 0 Å². The average Bonchev–Trinajstić information content (AvgIpc) is 3.34. The first-order chi connectivity index (χ1) is 11.3. The summed E-state index contributed by atoms with van der Waals surface area (Å²) >= 11 is 0. The monoisotopic (exact) mass is 293 g/mol. The van der Waals surface area contributed by atoms with Crippen LogP contribution in [0, 0.1) is 5.92 Å². The maximum Gasteiger partial charge on any atom is 0.0574 e. The van der Waals surface area contributed by atoms with Gasteiger partial charge in [-0.15, -0.1) is 0 Å². The van der Waals surface area contributed by atoms with Crippen LogP contribution in [0.5, 0.6) is 0 Å². The molecule has 1 atom stereocenters. The van der Waals surface area contributed by atoms with E-state index in [1.807, 2.05) is 0 Å². The molecule has 1 heteroatoms. The standard InChI is InChI=1S/C22H15N/c1-23-20-5-3-2-4-16(20)18-11-7-13-6-9-15-17(21(13)22(18)23)10-8-14-12-19(14)15/h2-12,14H,1H3. The van der Waals surface area contributed by atoms with Gasteiger partial charge in [0.15, 0.2) is 0 Å². The molecular formula is C22H15N. The van der Waals surface area contributed by atoms with Crippen LogP contribution < -0.4 is 0 Å². The molecule has 0 radical (unpaired) electrons. The first-order valence-electron chi connectivity index (χ1n) is 8.16. The lowest BCUT2D eigenvalue weighted by Crippen LogP contribution is -1.95. The van der Waals surface area contributed by atoms with Crippen LogP contribution in [0.3, 0.4) is 0 Å². The van der Waals surface area contributed by atoms with Gasteiger partial charge in [0.1, 0.15) is 0 Å². The maximum absolute atomic E-state index is 2.36. The molecule has 1 nitrogen and oxygen atoms in total. The summed E-state index contributed by atoms with van der Waals surface area (Å²) in [4.78, 5) is 0. The highest BCUT2D eigenvalue weighted by molar-refractivity contribution is 6.20. The van der Waals surface area contributed by atoms with Crippen LogP contribution in [0.4, 0.5) is 0 Å². The van der Waals surface area contributed by atoms with E-state index >= 15 is 0 Å². The van der Waals surface area contributed by atoms with Crippen molar-refractivity contribution in [3.63, 3.8) is 0 Å². The van der Waals surface area contributed by atoms with E-state index in [-0.39, 0.29) is 0 Å². The highest BCUT2D eigenvalue weighted by atomic mass is 14.9. The summed E-state index contributed by atoms with van der Waals surface area (Å²) in [6.45, 7) is 0. The lowest BCUT2D eigenvalue weighted by atomic mass is 9.91. The van der Waals surface area contributed by atoms with E-state index in [1.54, 1.807) is 0 Å². The minimum absolute atomic E-state index is 0.589. The van der Waals surface area contributed by atoms with Crippen molar-refractivity contribution in [3.8, 4) is 0 Å². The Morgan fingerprint density at radius 2 is 1.78 bits per heavy atom. The van der Waals surface area contributed by atoms with Crippen molar-refractivity contribution >= 4 is 44.2 Å². The van der Waals surface area contributed by atoms with Gasteiger partial charge in [0.25, 0.3) is 0 Å². The number of allylic oxidation sites excluding steroid dienone is 3. The summed E-state index contributed by atoms with van der Waals surface area (Å²) in [7, 11) is 2.19. The Bertz CT molecular complexity index is 1220. The molecule has 108 valence electrons. The zero-order chi connectivity index (χ0) is 15.1. The number of rotatable bonds is 0. The normalized spacial score (nSPS) is 18.3. The molecule has 2 aliphatic carbocycles. The third kappa shape index (κ3) is 1.34. The molecule has 3 aromatic carbocycles. The van der Waals surface area contributed by atoms with Gasteiger partial charge in [-0.3, -0.25) is 0 Å². The molecule has 0 saturated heterocycles. The van der Waals surface area contributed by atoms with Crippen molar-refractivity contribution in [2.45, 2.75) is 0 Å². The third-order valence-electron chi connectivity index (χ3n) is 5.48. The van der Waals surface area contributed by atoms with Crippen LogP contribution >= 0.6 is 0 Å². The van der Waals surface area contributed by atoms with Crippen molar-refractivity contribution in [1.82, 2.24) is 4.57 Å². The smallest absolute Gasteiger partial charge is 0.0574 e. The molecule has 0 bridgehead atoms. The second kappa shape index (κ2) is 3.75. The van der Waals surface area contributed by atoms with Crippen molar-refractivity contribution in [3.05, 3.63) is 71.8 Å². The molecule has 0 amide bonds. The molecule has 1 unspecified atom stereocenters. The largest absolute Gasteiger partial charge is 0.343 e. The SMILES string of the molecule is Cn1c2ccccc2c2ccc3ccc4c(c3c21)C=CC1C=C41. The Hall–Kier alpha value is -2.80. The van der Waals surface area contributed by atoms with E-state index in [2.05, 4.69) is 78.4 Å². The van der Waals surface area contributed by atoms with Gasteiger partial charge in [0.2, 0.25) is 0 Å². The summed E-state index contributed by atoms with van der Waals surface area (Å²) in [6, 6.07) is 17.8. The van der Waals surface area contributed by atoms with E-state index in [0.717, 1.165) is 0 Å². The maximum atomic E-state index is 2.36. The molecule has 1 heterocycles. The van der Waals surface area contributed by atoms with E-state index in [1.165, 1.54) is 49.3 Å². The van der Waals surface area contributed by atoms with E-state index in [4.69, 9.17) is 0 Å². The van der Waals surface area contributed by atoms with Crippen LogP contribution in [-0.4, -0.2) is 4.57 Å². The molecule has 0 spiro atoms. The quantitative estimate of drug-likeness (QED) is 0.402. The zero-order valence-corrected chi connectivity index (χ0v) is 12.9. The van der Waals surface area contributed by atoms with Gasteiger partial charge in [-0.2, -0.15) is 0 Å². The summed E-state index contributed by atoms with van der Waals surface area (Å²) in [5, 5.41) is 5.41. The molecule has 0 saturated carbocycles. The molecular weight excluding hydrogens is 278 g/mol. The molecule has 1 aromatic heterocycles. The number of aromatic nitrogens is 1. The van der Waals surface area contributed by atoms with Crippen LogP contribution in [0.25, 0.3) is 44.2 Å². The van der Waals surface area contributed by atoms with Gasteiger partial charge in [-0.05, 0) is 28.2 Å². The minimum Gasteiger partial charge on any atom is -0.343 e. The summed E-state index contributed by atoms with van der Waals surface area (Å²) in [6.07, 6.45) is 7.01. The number of benzene rings is 3. The lowest BCUT2D eigenvalue weighted by molar-refractivity contribution is 1.02. The Kier molecular flexibility index (Phi) is 1.91. The lowest BCUT2D eigenvalue weighted by Gasteiger charge is -2.14. The summed E-state index contributed by atoms with van der Waals surface area (Å²) < 4.78 is 2.36. The Balaban J connectivity index is 1.92. The highest BCUT2D eigenvalue weighted by Gasteiger charge is 2.29. The molecule has 4 aromatic rings. The molecule has 2 aliphatic rings. The molecule has 0 N–H and O–H groups in total. The first kappa shape index (κ1) is 11.7. The van der Waals surface area contributed by atoms with Gasteiger partial charge in [0.05, 0.1) is 5.52 Å². The fourth-order valence-electron chi connectivity index (χ4n) is 4.30. The van der Waals surface area contributed by atoms with Crippen LogP contribution in [-0.2, 0) is 7.05 Å². The molecule has 0 fully saturated rings. The second-order valence-corrected chi connectivity index (χ2v) is 6.67. The van der Waals surface area contributed by atoms with Crippen LogP contribution in [0.15, 0.2) is 60.7 Å². The Morgan fingerprint density at radius 3 is 2.74 bits per heavy atom. The third-order valence-corrected chi connectivity index (χ3v) is 5.48. The predicted molar refractivity (Wildman–Crippen MR) is 98.4 cm³/mol. The van der Waals surface area contributed by atoms with Gasteiger partial charge in [-0.25, -0.2) is 0 Å². The number of fused-ring (bicyclic) bond motifs is 9. The fraction of sp³-hybridized carbons (Fsp3) is 0.0909. The number of hydrogen-bond donors (Lipinski definition) is 0. The van der Waals surface area contributed by atoms with Crippen molar-refractivity contribution in [2.75, 3.05) is 0 Å². The molecule has 6 rings (SSSR count). The highest BCUT2D eigenvalue weighted by Crippen LogP contribution is 2.48. The molecule has 0 aliphatic heterocycles. The Morgan fingerprint density at radius 1 is 0.913 bits per heavy atom. The summed E-state index contributed by atoms with van der Waals surface area (Å²) in [5.74, 6) is 0.589. The van der Waals surface area contributed by atoms with E-state index < -0.39 is 0 Å². The summed E-state index contributed by atoms with van der Waals surface area (Å²) in [5.41, 5.74) is 6.96. The Labute approximate surface area is 134 Å². The number of nitrogens with zero attached hydrogens (tertiary/aromatic N) is 1. The van der Waals surface area contributed by atoms with Crippen molar-refractivity contribution in [2.24, 2.45) is 13.0 Å². The predicted octanol–water partition coefficient (Wildman–Crippen LogP) is 5.52. The number of hydrogen-bond acceptors (Lipinski definition) is 0. The van der Waals surface area contributed by atoms with E-state index in [0.29, 0.717) is 5.92 Å². The average molecular weight is 293 g/mol. The minimum atomic E-state index is 0.589. The second-order valence-electron chi connectivity index (χ2n) is 6.67. The number of para-hydroxylation sites is 1.